The van der Waals surface area contributed by atoms with Crippen LogP contribution in [0.25, 0.3) is 0 Å². The Hall–Kier alpha value is -1.17. The van der Waals surface area contributed by atoms with Gasteiger partial charge < -0.3 is 0 Å². The van der Waals surface area contributed by atoms with E-state index < -0.39 is 0 Å². The van der Waals surface area contributed by atoms with Gasteiger partial charge in [0.2, 0.25) is 0 Å². The Labute approximate surface area is 134 Å². The van der Waals surface area contributed by atoms with Crippen molar-refractivity contribution in [2.75, 3.05) is 0 Å². The number of hydrogen-bond acceptors (Lipinski definition) is 3. The third-order valence-corrected chi connectivity index (χ3v) is 4.26. The minimum absolute atomic E-state index is 0.0744. The maximum Gasteiger partial charge on any atom is 0.0889 e. The molecule has 1 unspecified atom stereocenters. The summed E-state index contributed by atoms with van der Waals surface area (Å²) in [6.07, 6.45) is 2.86. The number of nitrogens with two attached hydrogens (primary N) is 1. The largest absolute Gasteiger partial charge is 0.271 e. The molecule has 1 atom stereocenters. The Morgan fingerprint density at radius 2 is 1.86 bits per heavy atom. The first-order valence-electron chi connectivity index (χ1n) is 7.35. The zero-order valence-corrected chi connectivity index (χ0v) is 14.4. The van der Waals surface area contributed by atoms with Gasteiger partial charge in [-0.15, -0.1) is 0 Å². The molecule has 0 bridgehead atoms. The van der Waals surface area contributed by atoms with Crippen LogP contribution in [0, 0.1) is 0 Å². The smallest absolute Gasteiger partial charge is 0.0889 e. The van der Waals surface area contributed by atoms with E-state index in [1.165, 1.54) is 5.56 Å². The van der Waals surface area contributed by atoms with Gasteiger partial charge in [0.1, 0.15) is 0 Å². The number of aromatic nitrogens is 2. The van der Waals surface area contributed by atoms with Crippen molar-refractivity contribution in [3.63, 3.8) is 0 Å². The molecule has 0 fully saturated rings. The molecular formula is C16H23BrN4. The van der Waals surface area contributed by atoms with Crippen LogP contribution in [0.15, 0.2) is 34.9 Å². The molecule has 0 radical (unpaired) electrons. The fraction of sp³-hybridized carbons (Fsp3) is 0.438. The minimum Gasteiger partial charge on any atom is -0.271 e. The zero-order valence-electron chi connectivity index (χ0n) is 12.8. The summed E-state index contributed by atoms with van der Waals surface area (Å²) in [6, 6.07) is 8.53. The number of rotatable bonds is 6. The van der Waals surface area contributed by atoms with E-state index >= 15 is 0 Å². The lowest BCUT2D eigenvalue weighted by atomic mass is 9.98. The molecule has 114 valence electrons. The van der Waals surface area contributed by atoms with Crippen molar-refractivity contribution in [2.45, 2.75) is 45.7 Å². The van der Waals surface area contributed by atoms with Crippen LogP contribution >= 0.6 is 15.9 Å². The maximum absolute atomic E-state index is 5.82. The second-order valence-corrected chi connectivity index (χ2v) is 6.38. The third kappa shape index (κ3) is 3.54. The van der Waals surface area contributed by atoms with Gasteiger partial charge in [-0.2, -0.15) is 5.10 Å². The van der Waals surface area contributed by atoms with E-state index in [1.807, 2.05) is 10.9 Å². The second-order valence-electron chi connectivity index (χ2n) is 5.52. The molecule has 0 spiro atoms. The molecule has 3 N–H and O–H groups in total. The molecule has 0 saturated heterocycles. The van der Waals surface area contributed by atoms with Gasteiger partial charge in [0.25, 0.3) is 0 Å². The lowest BCUT2D eigenvalue weighted by Crippen LogP contribution is -2.31. The van der Waals surface area contributed by atoms with Crippen molar-refractivity contribution in [2.24, 2.45) is 5.84 Å². The highest BCUT2D eigenvalue weighted by molar-refractivity contribution is 9.10. The number of hydrazine groups is 1. The highest BCUT2D eigenvalue weighted by Crippen LogP contribution is 2.29. The summed E-state index contributed by atoms with van der Waals surface area (Å²) in [5, 5.41) is 4.42. The topological polar surface area (TPSA) is 55.9 Å². The normalized spacial score (nSPS) is 12.9. The number of aryl methyl sites for hydroxylation is 1. The summed E-state index contributed by atoms with van der Waals surface area (Å²) in [6.45, 7) is 7.41. The molecule has 0 saturated carbocycles. The van der Waals surface area contributed by atoms with Crippen molar-refractivity contribution in [1.82, 2.24) is 15.2 Å². The van der Waals surface area contributed by atoms with Crippen molar-refractivity contribution >= 4 is 15.9 Å². The highest BCUT2D eigenvalue weighted by atomic mass is 79.9. The van der Waals surface area contributed by atoms with Crippen LogP contribution in [0.1, 0.15) is 56.0 Å². The summed E-state index contributed by atoms with van der Waals surface area (Å²) in [7, 11) is 0. The number of hydrogen-bond donors (Lipinski definition) is 2. The molecule has 2 rings (SSSR count). The fourth-order valence-electron chi connectivity index (χ4n) is 2.46. The Morgan fingerprint density at radius 3 is 2.38 bits per heavy atom. The van der Waals surface area contributed by atoms with Crippen LogP contribution in [0.4, 0.5) is 0 Å². The lowest BCUT2D eigenvalue weighted by Gasteiger charge is -2.19. The average Bonchev–Trinajstić information content (AvgIpc) is 2.83. The van der Waals surface area contributed by atoms with Crippen molar-refractivity contribution in [1.29, 1.82) is 0 Å². The Bertz CT molecular complexity index is 574. The van der Waals surface area contributed by atoms with Gasteiger partial charge in [-0.3, -0.25) is 10.5 Å². The molecule has 0 aliphatic heterocycles. The molecule has 0 aliphatic carbocycles. The van der Waals surface area contributed by atoms with E-state index in [4.69, 9.17) is 5.84 Å². The molecular weight excluding hydrogens is 328 g/mol. The monoisotopic (exact) mass is 350 g/mol. The molecule has 1 heterocycles. The van der Waals surface area contributed by atoms with Gasteiger partial charge in [0.05, 0.1) is 22.4 Å². The predicted octanol–water partition coefficient (Wildman–Crippen LogP) is 3.73. The highest BCUT2D eigenvalue weighted by Gasteiger charge is 2.20. The summed E-state index contributed by atoms with van der Waals surface area (Å²) < 4.78 is 2.98. The summed E-state index contributed by atoms with van der Waals surface area (Å²) in [5.41, 5.74) is 6.45. The van der Waals surface area contributed by atoms with Crippen molar-refractivity contribution in [3.8, 4) is 0 Å². The zero-order chi connectivity index (χ0) is 15.4. The lowest BCUT2D eigenvalue weighted by molar-refractivity contribution is 0.519. The van der Waals surface area contributed by atoms with Gasteiger partial charge in [-0.25, -0.2) is 5.43 Å². The van der Waals surface area contributed by atoms with Gasteiger partial charge in [-0.1, -0.05) is 45.0 Å². The molecule has 4 nitrogen and oxygen atoms in total. The average molecular weight is 351 g/mol. The second kappa shape index (κ2) is 7.20. The first-order valence-corrected chi connectivity index (χ1v) is 8.15. The molecule has 1 aromatic carbocycles. The van der Waals surface area contributed by atoms with E-state index in [9.17, 15) is 0 Å². The summed E-state index contributed by atoms with van der Waals surface area (Å²) in [5.74, 6) is 6.34. The van der Waals surface area contributed by atoms with Gasteiger partial charge in [0, 0.05) is 6.54 Å². The fourth-order valence-corrected chi connectivity index (χ4v) is 2.98. The molecule has 0 amide bonds. The van der Waals surface area contributed by atoms with E-state index in [-0.39, 0.29) is 6.04 Å². The number of nitrogens with one attached hydrogen (secondary N) is 1. The Morgan fingerprint density at radius 1 is 1.24 bits per heavy atom. The first kappa shape index (κ1) is 16.2. The van der Waals surface area contributed by atoms with E-state index in [1.54, 1.807) is 0 Å². The van der Waals surface area contributed by atoms with Crippen molar-refractivity contribution < 1.29 is 0 Å². The van der Waals surface area contributed by atoms with Gasteiger partial charge in [-0.05, 0) is 39.4 Å². The van der Waals surface area contributed by atoms with Gasteiger partial charge >= 0.3 is 0 Å². The van der Waals surface area contributed by atoms with Gasteiger partial charge in [0.15, 0.2) is 0 Å². The van der Waals surface area contributed by atoms with Crippen LogP contribution in [0.5, 0.6) is 0 Å². The van der Waals surface area contributed by atoms with Crippen LogP contribution in [0.3, 0.4) is 0 Å². The summed E-state index contributed by atoms with van der Waals surface area (Å²) in [4.78, 5) is 0. The number of nitrogens with zero attached hydrogens (tertiary/aromatic N) is 2. The molecule has 1 aromatic heterocycles. The van der Waals surface area contributed by atoms with Crippen molar-refractivity contribution in [3.05, 3.63) is 51.8 Å². The number of halogens is 1. The Kier molecular flexibility index (Phi) is 5.56. The molecule has 5 heteroatoms. The molecule has 2 aromatic rings. The quantitative estimate of drug-likeness (QED) is 0.616. The first-order chi connectivity index (χ1) is 10.1. The van der Waals surface area contributed by atoms with E-state index in [0.717, 1.165) is 28.7 Å². The minimum atomic E-state index is -0.0744. The molecule has 0 aliphatic rings. The summed E-state index contributed by atoms with van der Waals surface area (Å²) >= 11 is 3.58. The third-order valence-electron chi connectivity index (χ3n) is 3.65. The molecule has 21 heavy (non-hydrogen) atoms. The SMILES string of the molecule is CCCn1ncc(Br)c1C(NN)c1ccc(C(C)C)cc1. The predicted molar refractivity (Wildman–Crippen MR) is 89.9 cm³/mol. The number of benzene rings is 1. The van der Waals surface area contributed by atoms with Crippen LogP contribution in [-0.4, -0.2) is 9.78 Å². The van der Waals surface area contributed by atoms with E-state index in [2.05, 4.69) is 71.5 Å². The standard InChI is InChI=1S/C16H23BrN4/c1-4-9-21-16(14(17)10-19-21)15(20-18)13-7-5-12(6-8-13)11(2)3/h5-8,10-11,15,20H,4,9,18H2,1-3H3. The van der Waals surface area contributed by atoms with Crippen LogP contribution in [0.2, 0.25) is 0 Å². The van der Waals surface area contributed by atoms with Crippen LogP contribution < -0.4 is 11.3 Å². The van der Waals surface area contributed by atoms with Crippen LogP contribution in [-0.2, 0) is 6.54 Å². The van der Waals surface area contributed by atoms with E-state index in [0.29, 0.717) is 5.92 Å². The Balaban J connectivity index is 2.37. The maximum atomic E-state index is 5.82.